The molecule has 0 bridgehead atoms. The van der Waals surface area contributed by atoms with Gasteiger partial charge in [-0.1, -0.05) is 0 Å². The van der Waals surface area contributed by atoms with E-state index in [0.29, 0.717) is 0 Å². The summed E-state index contributed by atoms with van der Waals surface area (Å²) in [6.07, 6.45) is -4.36. The van der Waals surface area contributed by atoms with Crippen molar-refractivity contribution in [2.24, 2.45) is 0 Å². The van der Waals surface area contributed by atoms with Crippen LogP contribution in [0.25, 0.3) is 0 Å². The number of ether oxygens (including phenoxy) is 1. The third kappa shape index (κ3) is 1.60. The smallest absolute Gasteiger partial charge is 0.211 e. The summed E-state index contributed by atoms with van der Waals surface area (Å²) in [5, 5.41) is 34.6. The molecule has 0 radical (unpaired) electrons. The normalized spacial score (nSPS) is 49.2. The lowest BCUT2D eigenvalue weighted by atomic mass is 9.96. The van der Waals surface area contributed by atoms with Crippen LogP contribution in [-0.4, -0.2) is 57.6 Å². The average molecular weight is 179 g/mol. The Morgan fingerprint density at radius 2 is 1.92 bits per heavy atom. The molecule has 0 aromatic heterocycles. The summed E-state index contributed by atoms with van der Waals surface area (Å²) in [5.41, 5.74) is 0. The van der Waals surface area contributed by atoms with E-state index < -0.39 is 30.5 Å². The van der Waals surface area contributed by atoms with Gasteiger partial charge >= 0.3 is 0 Å². The van der Waals surface area contributed by atoms with Gasteiger partial charge in [-0.2, -0.15) is 0 Å². The molecular formula is C7H15O5+. The van der Waals surface area contributed by atoms with E-state index in [1.165, 1.54) is 0 Å². The number of hydrogen-bond acceptors (Lipinski definition) is 4. The van der Waals surface area contributed by atoms with E-state index in [1.54, 1.807) is 6.92 Å². The zero-order valence-corrected chi connectivity index (χ0v) is 6.84. The number of aliphatic hydroxyl groups excluding tert-OH is 3. The predicted molar refractivity (Wildman–Crippen MR) is 40.8 cm³/mol. The Morgan fingerprint density at radius 3 is 2.42 bits per heavy atom. The summed E-state index contributed by atoms with van der Waals surface area (Å²) in [5.74, 6) is 0. The number of rotatable bonds is 1. The fraction of sp³-hybridized carbons (Fsp3) is 1.00. The van der Waals surface area contributed by atoms with Crippen molar-refractivity contribution in [3.05, 3.63) is 0 Å². The molecule has 1 saturated heterocycles. The monoisotopic (exact) mass is 179 g/mol. The predicted octanol–water partition coefficient (Wildman–Crippen LogP) is -2.42. The fourth-order valence-corrected chi connectivity index (χ4v) is 1.31. The second-order valence-electron chi connectivity index (χ2n) is 3.07. The van der Waals surface area contributed by atoms with Gasteiger partial charge in [0.2, 0.25) is 6.10 Å². The van der Waals surface area contributed by atoms with E-state index in [0.717, 1.165) is 0 Å². The van der Waals surface area contributed by atoms with E-state index in [9.17, 15) is 10.2 Å². The van der Waals surface area contributed by atoms with Crippen molar-refractivity contribution in [1.29, 1.82) is 0 Å². The number of aliphatic hydroxyl groups is 3. The first-order chi connectivity index (χ1) is 5.57. The maximum Gasteiger partial charge on any atom is 0.211 e. The molecule has 12 heavy (non-hydrogen) atoms. The lowest BCUT2D eigenvalue weighted by Gasteiger charge is -2.35. The number of hydrogen-bond donors (Lipinski definition) is 3. The van der Waals surface area contributed by atoms with Crippen molar-refractivity contribution < 1.29 is 25.2 Å². The molecule has 1 aliphatic heterocycles. The Bertz CT molecular complexity index is 146. The molecule has 0 amide bonds. The summed E-state index contributed by atoms with van der Waals surface area (Å²) >= 11 is 0. The molecule has 4 unspecified atom stereocenters. The van der Waals surface area contributed by atoms with Crippen LogP contribution in [0.1, 0.15) is 6.92 Å². The quantitative estimate of drug-likeness (QED) is 0.390. The molecule has 5 atom stereocenters. The van der Waals surface area contributed by atoms with Crippen molar-refractivity contribution in [1.82, 2.24) is 0 Å². The first kappa shape index (κ1) is 9.88. The topological polar surface area (TPSA) is 92.8 Å². The molecular weight excluding hydrogens is 164 g/mol. The summed E-state index contributed by atoms with van der Waals surface area (Å²) in [6.45, 7) is 1.30. The van der Waals surface area contributed by atoms with Crippen LogP contribution in [0.3, 0.4) is 0 Å². The molecule has 1 fully saturated rings. The maximum atomic E-state index is 9.29. The van der Waals surface area contributed by atoms with Gasteiger partial charge in [0.15, 0.2) is 12.2 Å². The molecule has 0 aromatic rings. The highest BCUT2D eigenvalue weighted by molar-refractivity contribution is 4.89. The third-order valence-electron chi connectivity index (χ3n) is 2.17. The van der Waals surface area contributed by atoms with Gasteiger partial charge in [-0.3, -0.25) is 0 Å². The van der Waals surface area contributed by atoms with E-state index in [4.69, 9.17) is 14.9 Å². The van der Waals surface area contributed by atoms with E-state index in [-0.39, 0.29) is 6.61 Å². The van der Waals surface area contributed by atoms with E-state index >= 15 is 0 Å². The highest BCUT2D eigenvalue weighted by Crippen LogP contribution is 2.20. The van der Waals surface area contributed by atoms with E-state index in [1.807, 2.05) is 0 Å². The van der Waals surface area contributed by atoms with Crippen LogP contribution >= 0.6 is 0 Å². The van der Waals surface area contributed by atoms with Gasteiger partial charge in [-0.05, 0) is 6.92 Å². The van der Waals surface area contributed by atoms with Gasteiger partial charge in [0.05, 0.1) is 12.7 Å². The largest absolute Gasteiger partial charge is 0.439 e. The second-order valence-corrected chi connectivity index (χ2v) is 3.07. The highest BCUT2D eigenvalue weighted by atomic mass is 16.5. The Morgan fingerprint density at radius 1 is 1.33 bits per heavy atom. The summed E-state index contributed by atoms with van der Waals surface area (Å²) in [6, 6.07) is 0. The van der Waals surface area contributed by atoms with Crippen molar-refractivity contribution in [3.63, 3.8) is 0 Å². The third-order valence-corrected chi connectivity index (χ3v) is 2.17. The lowest BCUT2D eigenvalue weighted by Crippen LogP contribution is -2.57. The van der Waals surface area contributed by atoms with Crippen LogP contribution in [0.4, 0.5) is 0 Å². The average Bonchev–Trinajstić information content (AvgIpc) is 2.08. The van der Waals surface area contributed by atoms with E-state index in [2.05, 4.69) is 0 Å². The molecule has 0 spiro atoms. The first-order valence-electron chi connectivity index (χ1n) is 3.91. The minimum absolute atomic E-state index is 0.303. The molecule has 1 heterocycles. The summed E-state index contributed by atoms with van der Waals surface area (Å²) < 4.78 is 5.08. The summed E-state index contributed by atoms with van der Waals surface area (Å²) in [4.78, 5) is 0. The Kier molecular flexibility index (Phi) is 3.03. The van der Waals surface area contributed by atoms with Crippen molar-refractivity contribution in [2.75, 3.05) is 6.61 Å². The molecule has 0 aromatic carbocycles. The minimum atomic E-state index is -1.13. The first-order valence-corrected chi connectivity index (χ1v) is 3.91. The van der Waals surface area contributed by atoms with Gasteiger partial charge in [-0.25, -0.2) is 0 Å². The molecule has 0 saturated carbocycles. The van der Waals surface area contributed by atoms with Gasteiger partial charge in [0, 0.05) is 0 Å². The van der Waals surface area contributed by atoms with Crippen molar-refractivity contribution in [2.45, 2.75) is 37.4 Å². The van der Waals surface area contributed by atoms with Gasteiger partial charge in [-0.15, -0.1) is 0 Å². The minimum Gasteiger partial charge on any atom is -0.439 e. The van der Waals surface area contributed by atoms with Crippen LogP contribution in [-0.2, 0) is 4.74 Å². The molecule has 72 valence electrons. The van der Waals surface area contributed by atoms with Crippen LogP contribution in [0.15, 0.2) is 0 Å². The zero-order valence-electron chi connectivity index (χ0n) is 6.84. The standard InChI is InChI=1S/C7H14O5/c1-3-5(9)7(11)6(10)4(2-8)12-3/h3-11H,2H2,1H3/p+1/t3-,4?,5?,6?,7?/m1/s1. The lowest BCUT2D eigenvalue weighted by molar-refractivity contribution is -0.224. The van der Waals surface area contributed by atoms with Crippen molar-refractivity contribution >= 4 is 0 Å². The SMILES string of the molecule is C[C@H]1OC(CO)C([OH2+])C(O)C1O. The Hall–Kier alpha value is -0.200. The summed E-state index contributed by atoms with van der Waals surface area (Å²) in [7, 11) is 0. The highest BCUT2D eigenvalue weighted by Gasteiger charge is 2.44. The van der Waals surface area contributed by atoms with Gasteiger partial charge in [0.1, 0.15) is 6.10 Å². The fourth-order valence-electron chi connectivity index (χ4n) is 1.31. The van der Waals surface area contributed by atoms with Crippen LogP contribution in [0.2, 0.25) is 0 Å². The second kappa shape index (κ2) is 3.68. The van der Waals surface area contributed by atoms with Crippen LogP contribution < -0.4 is 0 Å². The molecule has 5 heteroatoms. The van der Waals surface area contributed by atoms with Gasteiger partial charge < -0.3 is 25.2 Å². The zero-order chi connectivity index (χ0) is 9.30. The van der Waals surface area contributed by atoms with Crippen molar-refractivity contribution in [3.8, 4) is 0 Å². The Balaban J connectivity index is 2.63. The molecule has 5 N–H and O–H groups in total. The van der Waals surface area contributed by atoms with Gasteiger partial charge in [0.25, 0.3) is 0 Å². The molecule has 1 rings (SSSR count). The molecule has 1 aliphatic rings. The maximum absolute atomic E-state index is 9.29. The van der Waals surface area contributed by atoms with Crippen LogP contribution in [0, 0.1) is 0 Å². The van der Waals surface area contributed by atoms with Crippen LogP contribution in [0.5, 0.6) is 0 Å². The molecule has 5 nitrogen and oxygen atoms in total. The molecule has 0 aliphatic carbocycles. The Labute approximate surface area is 70.2 Å².